The Morgan fingerprint density at radius 3 is 2.72 bits per heavy atom. The van der Waals surface area contributed by atoms with Crippen molar-refractivity contribution in [1.29, 1.82) is 0 Å². The van der Waals surface area contributed by atoms with Crippen molar-refractivity contribution in [3.05, 3.63) is 57.0 Å². The van der Waals surface area contributed by atoms with Crippen LogP contribution in [0, 0.1) is 11.7 Å². The number of aromatic nitrogens is 1. The maximum Gasteiger partial charge on any atom is 0.260 e. The number of benzene rings is 1. The summed E-state index contributed by atoms with van der Waals surface area (Å²) in [7, 11) is 0. The second-order valence-electron chi connectivity index (χ2n) is 7.83. The van der Waals surface area contributed by atoms with Crippen LogP contribution in [0.1, 0.15) is 12.8 Å². The van der Waals surface area contributed by atoms with Crippen molar-refractivity contribution in [1.82, 2.24) is 9.47 Å². The Morgan fingerprint density at radius 2 is 2.03 bits per heavy atom. The Morgan fingerprint density at radius 1 is 1.28 bits per heavy atom. The van der Waals surface area contributed by atoms with Gasteiger partial charge in [0.15, 0.2) is 0 Å². The van der Waals surface area contributed by atoms with Crippen LogP contribution in [-0.2, 0) is 11.3 Å². The molecule has 0 N–H and O–H groups in total. The first kappa shape index (κ1) is 18.8. The third-order valence-corrected chi connectivity index (χ3v) is 7.04. The number of nitrogens with zero attached hydrogens (tertiary/aromatic N) is 2. The van der Waals surface area contributed by atoms with Crippen LogP contribution in [0.25, 0.3) is 21.2 Å². The molecule has 1 aliphatic carbocycles. The van der Waals surface area contributed by atoms with E-state index < -0.39 is 11.5 Å². The van der Waals surface area contributed by atoms with Crippen molar-refractivity contribution in [2.45, 2.75) is 25.1 Å². The van der Waals surface area contributed by atoms with E-state index in [1.807, 2.05) is 5.38 Å². The Kier molecular flexibility index (Phi) is 4.29. The SMILES string of the molecule is O=C(Cn1ccc2scc(-c3ccc(F)c(Cl)c3)c2c1=O)N1CC(F)(C2CC2)C1. The van der Waals surface area contributed by atoms with Crippen molar-refractivity contribution >= 4 is 38.9 Å². The number of thiophene rings is 1. The van der Waals surface area contributed by atoms with Crippen LogP contribution < -0.4 is 5.56 Å². The zero-order chi connectivity index (χ0) is 20.3. The van der Waals surface area contributed by atoms with Gasteiger partial charge in [-0.1, -0.05) is 17.7 Å². The first-order valence-corrected chi connectivity index (χ1v) is 10.6. The third-order valence-electron chi connectivity index (χ3n) is 5.81. The number of amides is 1. The molecule has 0 atom stereocenters. The number of carbonyl (C=O) groups is 1. The number of fused-ring (bicyclic) bond motifs is 1. The van der Waals surface area contributed by atoms with Gasteiger partial charge in [0.25, 0.3) is 5.56 Å². The zero-order valence-electron chi connectivity index (χ0n) is 15.3. The molecular formula is C21H17ClF2N2O2S. The first-order chi connectivity index (χ1) is 13.9. The van der Waals surface area contributed by atoms with Gasteiger partial charge >= 0.3 is 0 Å². The molecule has 0 radical (unpaired) electrons. The molecule has 1 saturated carbocycles. The second-order valence-corrected chi connectivity index (χ2v) is 9.14. The van der Waals surface area contributed by atoms with Gasteiger partial charge in [-0.25, -0.2) is 8.78 Å². The van der Waals surface area contributed by atoms with E-state index in [0.717, 1.165) is 17.5 Å². The van der Waals surface area contributed by atoms with Crippen molar-refractivity contribution in [3.63, 3.8) is 0 Å². The van der Waals surface area contributed by atoms with Gasteiger partial charge in [0, 0.05) is 21.8 Å². The topological polar surface area (TPSA) is 42.3 Å². The number of likely N-dealkylation sites (tertiary alicyclic amines) is 1. The molecule has 8 heteroatoms. The summed E-state index contributed by atoms with van der Waals surface area (Å²) in [5.41, 5.74) is -0.258. The Hall–Kier alpha value is -2.25. The molecule has 1 amide bonds. The monoisotopic (exact) mass is 434 g/mol. The fraction of sp³-hybridized carbons (Fsp3) is 0.333. The highest BCUT2D eigenvalue weighted by molar-refractivity contribution is 7.17. The summed E-state index contributed by atoms with van der Waals surface area (Å²) in [5.74, 6) is -0.703. The van der Waals surface area contributed by atoms with Crippen LogP contribution in [0.5, 0.6) is 0 Å². The van der Waals surface area contributed by atoms with Crippen molar-refractivity contribution in [2.24, 2.45) is 5.92 Å². The molecule has 29 heavy (non-hydrogen) atoms. The van der Waals surface area contributed by atoms with E-state index in [2.05, 4.69) is 0 Å². The molecule has 150 valence electrons. The average Bonchev–Trinajstić information content (AvgIpc) is 3.43. The predicted octanol–water partition coefficient (Wildman–Crippen LogP) is 4.48. The minimum absolute atomic E-state index is 0.0172. The fourth-order valence-corrected chi connectivity index (χ4v) is 5.09. The quantitative estimate of drug-likeness (QED) is 0.607. The van der Waals surface area contributed by atoms with E-state index in [1.165, 1.54) is 32.9 Å². The molecule has 1 saturated heterocycles. The largest absolute Gasteiger partial charge is 0.335 e. The number of carbonyl (C=O) groups excluding carboxylic acids is 1. The number of pyridine rings is 1. The summed E-state index contributed by atoms with van der Waals surface area (Å²) in [6.45, 7) is 0.103. The number of rotatable bonds is 4. The van der Waals surface area contributed by atoms with Crippen LogP contribution in [0.15, 0.2) is 40.6 Å². The molecular weight excluding hydrogens is 418 g/mol. The molecule has 0 spiro atoms. The van der Waals surface area contributed by atoms with Crippen LogP contribution in [0.3, 0.4) is 0 Å². The summed E-state index contributed by atoms with van der Waals surface area (Å²) in [4.78, 5) is 27.1. The lowest BCUT2D eigenvalue weighted by Gasteiger charge is -2.45. The molecule has 0 bridgehead atoms. The van der Waals surface area contributed by atoms with Gasteiger partial charge in [0.05, 0.1) is 23.5 Å². The van der Waals surface area contributed by atoms with Gasteiger partial charge in [0.1, 0.15) is 18.0 Å². The minimum atomic E-state index is -1.24. The predicted molar refractivity (Wildman–Crippen MR) is 110 cm³/mol. The number of hydrogen-bond acceptors (Lipinski definition) is 3. The number of alkyl halides is 1. The molecule has 0 unspecified atom stereocenters. The van der Waals surface area contributed by atoms with Crippen molar-refractivity contribution < 1.29 is 13.6 Å². The van der Waals surface area contributed by atoms with E-state index in [9.17, 15) is 18.4 Å². The van der Waals surface area contributed by atoms with Gasteiger partial charge in [-0.15, -0.1) is 11.3 Å². The third kappa shape index (κ3) is 3.16. The normalized spacial score (nSPS) is 18.1. The number of hydrogen-bond donors (Lipinski definition) is 0. The van der Waals surface area contributed by atoms with Gasteiger partial charge < -0.3 is 9.47 Å². The van der Waals surface area contributed by atoms with Crippen molar-refractivity contribution in [3.8, 4) is 11.1 Å². The maximum absolute atomic E-state index is 14.5. The fourth-order valence-electron chi connectivity index (χ4n) is 3.95. The van der Waals surface area contributed by atoms with Gasteiger partial charge in [-0.3, -0.25) is 9.59 Å². The van der Waals surface area contributed by atoms with E-state index in [1.54, 1.807) is 18.3 Å². The molecule has 2 aliphatic rings. The highest BCUT2D eigenvalue weighted by atomic mass is 35.5. The molecule has 1 aromatic carbocycles. The summed E-state index contributed by atoms with van der Waals surface area (Å²) < 4.78 is 30.1. The molecule has 3 aromatic rings. The lowest BCUT2D eigenvalue weighted by molar-refractivity contribution is -0.147. The van der Waals surface area contributed by atoms with Crippen molar-refractivity contribution in [2.75, 3.05) is 13.1 Å². The van der Waals surface area contributed by atoms with E-state index in [0.29, 0.717) is 16.5 Å². The van der Waals surface area contributed by atoms with Crippen LogP contribution >= 0.6 is 22.9 Å². The summed E-state index contributed by atoms with van der Waals surface area (Å²) in [5, 5.41) is 2.27. The van der Waals surface area contributed by atoms with E-state index in [4.69, 9.17) is 11.6 Å². The highest BCUT2D eigenvalue weighted by Crippen LogP contribution is 2.47. The molecule has 4 nitrogen and oxygen atoms in total. The van der Waals surface area contributed by atoms with Gasteiger partial charge in [-0.2, -0.15) is 0 Å². The summed E-state index contributed by atoms with van der Waals surface area (Å²) in [6.07, 6.45) is 3.37. The lowest BCUT2D eigenvalue weighted by Crippen LogP contribution is -2.62. The lowest BCUT2D eigenvalue weighted by atomic mass is 9.91. The van der Waals surface area contributed by atoms with E-state index >= 15 is 0 Å². The van der Waals surface area contributed by atoms with Crippen LogP contribution in [-0.4, -0.2) is 34.1 Å². The highest BCUT2D eigenvalue weighted by Gasteiger charge is 2.55. The number of halogens is 3. The van der Waals surface area contributed by atoms with Gasteiger partial charge in [0.2, 0.25) is 5.91 Å². The average molecular weight is 435 g/mol. The molecule has 3 heterocycles. The zero-order valence-corrected chi connectivity index (χ0v) is 16.9. The van der Waals surface area contributed by atoms with Gasteiger partial charge in [-0.05, 0) is 42.5 Å². The Labute approximate surface area is 174 Å². The summed E-state index contributed by atoms with van der Waals surface area (Å²) in [6, 6.07) is 6.10. The minimum Gasteiger partial charge on any atom is -0.335 e. The molecule has 2 fully saturated rings. The molecule has 5 rings (SSSR count). The van der Waals surface area contributed by atoms with Crippen LogP contribution in [0.2, 0.25) is 5.02 Å². The Bertz CT molecular complexity index is 1200. The smallest absolute Gasteiger partial charge is 0.260 e. The summed E-state index contributed by atoms with van der Waals surface area (Å²) >= 11 is 7.29. The van der Waals surface area contributed by atoms with Crippen LogP contribution in [0.4, 0.5) is 8.78 Å². The first-order valence-electron chi connectivity index (χ1n) is 9.38. The van der Waals surface area contributed by atoms with E-state index in [-0.39, 0.29) is 42.0 Å². The second kappa shape index (κ2) is 6.64. The molecule has 1 aliphatic heterocycles. The standard InChI is InChI=1S/C21H17ClF2N2O2S/c22-15-7-12(1-4-16(15)23)14-9-29-17-5-6-25(20(28)19(14)17)8-18(27)26-10-21(24,11-26)13-2-3-13/h1,4-7,9,13H,2-3,8,10-11H2. The maximum atomic E-state index is 14.5. The molecule has 2 aromatic heterocycles. The Balaban J connectivity index is 1.43.